The number of hydrogen-bond donors (Lipinski definition) is 2. The molecule has 0 bridgehead atoms. The molecule has 0 aliphatic heterocycles. The number of aromatic nitrogens is 2. The summed E-state index contributed by atoms with van der Waals surface area (Å²) in [6.45, 7) is 10.3. The summed E-state index contributed by atoms with van der Waals surface area (Å²) in [7, 11) is 0. The van der Waals surface area contributed by atoms with E-state index in [4.69, 9.17) is 21.1 Å². The fourth-order valence-corrected chi connectivity index (χ4v) is 2.70. The zero-order chi connectivity index (χ0) is 22.7. The van der Waals surface area contributed by atoms with Crippen molar-refractivity contribution in [1.29, 1.82) is 0 Å². The van der Waals surface area contributed by atoms with Crippen molar-refractivity contribution in [3.63, 3.8) is 0 Å². The van der Waals surface area contributed by atoms with Crippen LogP contribution in [0.1, 0.15) is 47.1 Å². The second-order valence-electron chi connectivity index (χ2n) is 8.85. The number of nitrogens with zero attached hydrogens (tertiary/aromatic N) is 1. The van der Waals surface area contributed by atoms with Crippen LogP contribution in [0.2, 0.25) is 5.02 Å². The number of amides is 1. The number of nitrogens with one attached hydrogen (secondary N) is 2. The minimum Gasteiger partial charge on any atom is -0.458 e. The molecule has 0 saturated heterocycles. The molecular weight excluding hydrogens is 410 g/mol. The highest BCUT2D eigenvalue weighted by molar-refractivity contribution is 6.30. The van der Waals surface area contributed by atoms with Crippen LogP contribution in [0.5, 0.6) is 0 Å². The van der Waals surface area contributed by atoms with Gasteiger partial charge in [-0.15, -0.1) is 0 Å². The van der Waals surface area contributed by atoms with Crippen molar-refractivity contribution in [2.75, 3.05) is 0 Å². The van der Waals surface area contributed by atoms with Crippen molar-refractivity contribution in [1.82, 2.24) is 15.1 Å². The number of carbonyl (C=O) groups is 2. The number of carbonyl (C=O) groups excluding carboxylic acids is 2. The molecule has 30 heavy (non-hydrogen) atoms. The quantitative estimate of drug-likeness (QED) is 0.696. The molecule has 1 heterocycles. The van der Waals surface area contributed by atoms with E-state index in [2.05, 4.69) is 10.4 Å². The van der Waals surface area contributed by atoms with Gasteiger partial charge >= 0.3 is 12.1 Å². The lowest BCUT2D eigenvalue weighted by Gasteiger charge is -2.26. The van der Waals surface area contributed by atoms with Crippen LogP contribution in [0.4, 0.5) is 4.79 Å². The van der Waals surface area contributed by atoms with Gasteiger partial charge in [0.2, 0.25) is 0 Å². The number of ether oxygens (including phenoxy) is 2. The fraction of sp³-hybridized carbons (Fsp3) is 0.476. The van der Waals surface area contributed by atoms with E-state index in [1.807, 2.05) is 0 Å². The number of halogens is 1. The third kappa shape index (κ3) is 6.95. The highest BCUT2D eigenvalue weighted by Gasteiger charge is 2.30. The number of hydrogen-bond acceptors (Lipinski definition) is 5. The maximum absolute atomic E-state index is 12.8. The molecule has 0 spiro atoms. The van der Waals surface area contributed by atoms with Crippen molar-refractivity contribution >= 4 is 23.7 Å². The third-order valence-corrected chi connectivity index (χ3v) is 3.99. The number of rotatable bonds is 5. The van der Waals surface area contributed by atoms with Gasteiger partial charge in [-0.1, -0.05) is 11.6 Å². The molecule has 0 aliphatic carbocycles. The number of alkyl carbamates (subject to hydrolysis) is 1. The first-order valence-electron chi connectivity index (χ1n) is 9.53. The minimum atomic E-state index is -1.10. The van der Waals surface area contributed by atoms with E-state index in [0.717, 1.165) is 0 Å². The Morgan fingerprint density at radius 1 is 1.07 bits per heavy atom. The van der Waals surface area contributed by atoms with Crippen LogP contribution < -0.4 is 10.9 Å². The van der Waals surface area contributed by atoms with Gasteiger partial charge < -0.3 is 14.8 Å². The molecule has 1 aromatic carbocycles. The molecule has 0 unspecified atom stereocenters. The van der Waals surface area contributed by atoms with Gasteiger partial charge in [0.1, 0.15) is 17.2 Å². The standard InChI is InChI=1S/C21H28ClN3O5/c1-20(2,3)29-18(27)16(24-19(28)30-21(4,5)6)11-13-12-23-25(17(13)26)15-9-7-14(22)8-10-15/h7-10,12,16,23H,11H2,1-6H3,(H,24,28)/t16-/m0/s1. The van der Waals surface area contributed by atoms with Gasteiger partial charge in [0.05, 0.1) is 5.69 Å². The molecule has 0 fully saturated rings. The van der Waals surface area contributed by atoms with Crippen LogP contribution in [-0.4, -0.2) is 39.1 Å². The van der Waals surface area contributed by atoms with Gasteiger partial charge in [0.15, 0.2) is 0 Å². The molecule has 0 saturated carbocycles. The number of esters is 1. The van der Waals surface area contributed by atoms with E-state index < -0.39 is 29.3 Å². The Morgan fingerprint density at radius 3 is 2.17 bits per heavy atom. The zero-order valence-corrected chi connectivity index (χ0v) is 18.8. The van der Waals surface area contributed by atoms with E-state index in [0.29, 0.717) is 16.3 Å². The Kier molecular flexibility index (Phi) is 7.02. The van der Waals surface area contributed by atoms with Gasteiger partial charge in [0.25, 0.3) is 5.56 Å². The van der Waals surface area contributed by atoms with E-state index in [-0.39, 0.29) is 12.0 Å². The summed E-state index contributed by atoms with van der Waals surface area (Å²) in [4.78, 5) is 37.7. The Morgan fingerprint density at radius 2 is 1.63 bits per heavy atom. The molecule has 0 radical (unpaired) electrons. The summed E-state index contributed by atoms with van der Waals surface area (Å²) >= 11 is 5.89. The van der Waals surface area contributed by atoms with Gasteiger partial charge in [-0.2, -0.15) is 0 Å². The molecule has 1 aromatic heterocycles. The molecule has 164 valence electrons. The van der Waals surface area contributed by atoms with Crippen molar-refractivity contribution in [3.8, 4) is 5.69 Å². The molecule has 2 N–H and O–H groups in total. The minimum absolute atomic E-state index is 0.0654. The Hall–Kier alpha value is -2.74. The highest BCUT2D eigenvalue weighted by atomic mass is 35.5. The lowest BCUT2D eigenvalue weighted by Crippen LogP contribution is -2.47. The van der Waals surface area contributed by atoms with E-state index in [1.165, 1.54) is 10.9 Å². The number of H-pyrrole nitrogens is 1. The molecule has 8 nitrogen and oxygen atoms in total. The molecule has 1 atom stereocenters. The Bertz CT molecular complexity index is 949. The fourth-order valence-electron chi connectivity index (χ4n) is 2.57. The van der Waals surface area contributed by atoms with Gasteiger partial charge in [-0.05, 0) is 65.8 Å². The summed E-state index contributed by atoms with van der Waals surface area (Å²) in [5.41, 5.74) is -0.955. The maximum atomic E-state index is 12.8. The second kappa shape index (κ2) is 8.95. The van der Waals surface area contributed by atoms with Crippen molar-refractivity contribution in [2.45, 2.75) is 65.2 Å². The monoisotopic (exact) mass is 437 g/mol. The molecular formula is C21H28ClN3O5. The largest absolute Gasteiger partial charge is 0.458 e. The first-order chi connectivity index (χ1) is 13.7. The van der Waals surface area contributed by atoms with Crippen LogP contribution in [0, 0.1) is 0 Å². The highest BCUT2D eigenvalue weighted by Crippen LogP contribution is 2.14. The molecule has 2 rings (SSSR count). The molecule has 2 aromatic rings. The average molecular weight is 438 g/mol. The lowest BCUT2D eigenvalue weighted by atomic mass is 10.1. The molecule has 1 amide bonds. The van der Waals surface area contributed by atoms with E-state index >= 15 is 0 Å². The van der Waals surface area contributed by atoms with Crippen LogP contribution in [0.3, 0.4) is 0 Å². The summed E-state index contributed by atoms with van der Waals surface area (Å²) < 4.78 is 12.0. The van der Waals surface area contributed by atoms with Crippen molar-refractivity contribution < 1.29 is 19.1 Å². The topological polar surface area (TPSA) is 102 Å². The SMILES string of the molecule is CC(C)(C)OC(=O)N[C@@H](Cc1c[nH]n(-c2ccc(Cl)cc2)c1=O)C(=O)OC(C)(C)C. The number of aromatic amines is 1. The summed E-state index contributed by atoms with van der Waals surface area (Å²) in [6, 6.07) is 5.61. The average Bonchev–Trinajstić information content (AvgIpc) is 2.92. The van der Waals surface area contributed by atoms with Crippen LogP contribution in [0.15, 0.2) is 35.3 Å². The second-order valence-corrected chi connectivity index (χ2v) is 9.29. The summed E-state index contributed by atoms with van der Waals surface area (Å²) in [5.74, 6) is -0.660. The van der Waals surface area contributed by atoms with Crippen LogP contribution in [-0.2, 0) is 20.7 Å². The van der Waals surface area contributed by atoms with Crippen molar-refractivity contribution in [2.24, 2.45) is 0 Å². The first kappa shape index (κ1) is 23.5. The zero-order valence-electron chi connectivity index (χ0n) is 18.0. The van der Waals surface area contributed by atoms with E-state index in [1.54, 1.807) is 65.8 Å². The Balaban J connectivity index is 2.27. The Labute approximate surface area is 180 Å². The van der Waals surface area contributed by atoms with Crippen LogP contribution >= 0.6 is 11.6 Å². The molecule has 0 aliphatic rings. The van der Waals surface area contributed by atoms with Gasteiger partial charge in [0, 0.05) is 23.2 Å². The summed E-state index contributed by atoms with van der Waals surface area (Å²) in [6.07, 6.45) is 0.654. The van der Waals surface area contributed by atoms with Gasteiger partial charge in [-0.3, -0.25) is 9.89 Å². The third-order valence-electron chi connectivity index (χ3n) is 3.74. The van der Waals surface area contributed by atoms with Crippen molar-refractivity contribution in [3.05, 3.63) is 51.4 Å². The lowest BCUT2D eigenvalue weighted by molar-refractivity contribution is -0.157. The van der Waals surface area contributed by atoms with Crippen LogP contribution in [0.25, 0.3) is 5.69 Å². The predicted octanol–water partition coefficient (Wildman–Crippen LogP) is 3.60. The number of benzene rings is 1. The normalized spacial score (nSPS) is 12.9. The smallest absolute Gasteiger partial charge is 0.408 e. The maximum Gasteiger partial charge on any atom is 0.408 e. The summed E-state index contributed by atoms with van der Waals surface area (Å²) in [5, 5.41) is 5.92. The van der Waals surface area contributed by atoms with E-state index in [9.17, 15) is 14.4 Å². The molecule has 9 heteroatoms. The predicted molar refractivity (Wildman–Crippen MR) is 114 cm³/mol. The van der Waals surface area contributed by atoms with Gasteiger partial charge in [-0.25, -0.2) is 14.3 Å². The first-order valence-corrected chi connectivity index (χ1v) is 9.90.